The topological polar surface area (TPSA) is 232 Å². The number of ether oxygens (including phenoxy) is 1. The van der Waals surface area contributed by atoms with Crippen LogP contribution in [0.4, 0.5) is 0 Å². The smallest absolute Gasteiger partial charge is 0.248 e. The van der Waals surface area contributed by atoms with Crippen LogP contribution in [0.5, 0.6) is 0 Å². The number of likely N-dealkylation sites (tertiary alicyclic amines) is 1. The second-order valence-electron chi connectivity index (χ2n) is 19.3. The molecule has 0 saturated carbocycles. The summed E-state index contributed by atoms with van der Waals surface area (Å²) >= 11 is 1.48. The van der Waals surface area contributed by atoms with Crippen LogP contribution in [0.2, 0.25) is 0 Å². The van der Waals surface area contributed by atoms with E-state index >= 15 is 0 Å². The predicted octanol–water partition coefficient (Wildman–Crippen LogP) is 3.87. The molecule has 6 N–H and O–H groups in total. The lowest BCUT2D eigenvalue weighted by molar-refractivity contribution is -0.142. The molecule has 3 aromatic carbocycles. The van der Waals surface area contributed by atoms with Crippen molar-refractivity contribution < 1.29 is 23.9 Å². The second-order valence-corrected chi connectivity index (χ2v) is 20.3. The molecule has 0 radical (unpaired) electrons. The van der Waals surface area contributed by atoms with Crippen molar-refractivity contribution in [2.75, 3.05) is 20.1 Å². The Balaban J connectivity index is 0.921. The number of nitrogens with two attached hydrogens (primary N) is 1. The van der Waals surface area contributed by atoms with Crippen molar-refractivity contribution in [3.63, 3.8) is 0 Å². The minimum Gasteiger partial charge on any atom is -0.369 e. The van der Waals surface area contributed by atoms with Crippen LogP contribution in [0.3, 0.4) is 0 Å². The number of carbonyl (C=O) groups excluding carboxylic acids is 4. The molecule has 5 aromatic rings. The Hall–Kier alpha value is -6.06. The maximum atomic E-state index is 14.9. The van der Waals surface area contributed by atoms with Crippen LogP contribution in [0.1, 0.15) is 95.0 Å². The molecule has 20 heteroatoms. The Bertz CT molecular complexity index is 2490. The summed E-state index contributed by atoms with van der Waals surface area (Å²) in [6.07, 6.45) is 6.92. The molecule has 3 aliphatic heterocycles. The highest BCUT2D eigenvalue weighted by molar-refractivity contribution is 7.99. The van der Waals surface area contributed by atoms with E-state index in [0.717, 1.165) is 48.1 Å². The van der Waals surface area contributed by atoms with Crippen molar-refractivity contribution in [1.82, 2.24) is 66.3 Å². The van der Waals surface area contributed by atoms with Gasteiger partial charge in [0.2, 0.25) is 28.8 Å². The number of hydrogen-bond acceptors (Lipinski definition) is 14. The van der Waals surface area contributed by atoms with Crippen LogP contribution in [-0.4, -0.2) is 137 Å². The first kappa shape index (κ1) is 52.3. The molecule has 384 valence electrons. The summed E-state index contributed by atoms with van der Waals surface area (Å²) in [5.74, 6) is -1.31. The van der Waals surface area contributed by atoms with Gasteiger partial charge in [-0.3, -0.25) is 23.9 Å². The number of hydrogen-bond donors (Lipinski definition) is 5. The molecule has 2 aromatic heterocycles. The molecule has 1 unspecified atom stereocenters. The monoisotopic (exact) mass is 1000 g/mol. The van der Waals surface area contributed by atoms with Crippen molar-refractivity contribution in [2.45, 2.75) is 156 Å². The zero-order valence-electron chi connectivity index (χ0n) is 41.8. The molecule has 4 amide bonds. The Kier molecular flexibility index (Phi) is 18.2. The Morgan fingerprint density at radius 2 is 1.56 bits per heavy atom. The number of benzene rings is 3. The van der Waals surface area contributed by atoms with Crippen molar-refractivity contribution in [1.29, 1.82) is 0 Å². The lowest BCUT2D eigenvalue weighted by Crippen LogP contribution is -2.57. The highest BCUT2D eigenvalue weighted by atomic mass is 32.2. The van der Waals surface area contributed by atoms with Gasteiger partial charge in [0.05, 0.1) is 37.0 Å². The molecule has 0 bridgehead atoms. The number of aromatic nitrogens is 7. The molecule has 9 atom stereocenters. The minimum atomic E-state index is -0.979. The first-order valence-corrected chi connectivity index (χ1v) is 26.3. The SMILES string of the molecule is CC[C@H](N)C(=O)NC1C(=O)N2[C@@H](CC[C@@H]1Cn1cc(CO[C@H](C)[C@H](NC(=O)[C@H](C)NC)C(=O)N3CCC[C@H]3CCn3nnnc3Sc3ccccc3)nn1)CC[C@H]2CNC(c1ccccc1)c1ccccc1. The average molecular weight is 1000 g/mol. The van der Waals surface area contributed by atoms with Crippen LogP contribution in [0, 0.1) is 5.92 Å². The van der Waals surface area contributed by atoms with Gasteiger partial charge >= 0.3 is 0 Å². The Morgan fingerprint density at radius 1 is 0.861 bits per heavy atom. The molecule has 8 rings (SSSR count). The van der Waals surface area contributed by atoms with E-state index in [1.54, 1.807) is 36.5 Å². The van der Waals surface area contributed by atoms with E-state index in [9.17, 15) is 19.2 Å². The van der Waals surface area contributed by atoms with Gasteiger partial charge in [-0.25, -0.2) is 4.68 Å². The number of amides is 4. The number of nitrogens with zero attached hydrogens (tertiary/aromatic N) is 9. The highest BCUT2D eigenvalue weighted by Crippen LogP contribution is 2.35. The molecule has 3 aliphatic rings. The normalized spacial score (nSPS) is 21.8. The van der Waals surface area contributed by atoms with Gasteiger partial charge < -0.3 is 41.5 Å². The van der Waals surface area contributed by atoms with Gasteiger partial charge in [0.1, 0.15) is 17.8 Å². The van der Waals surface area contributed by atoms with Crippen molar-refractivity contribution in [2.24, 2.45) is 11.7 Å². The zero-order chi connectivity index (χ0) is 50.6. The zero-order valence-corrected chi connectivity index (χ0v) is 42.6. The third-order valence-electron chi connectivity index (χ3n) is 14.5. The van der Waals surface area contributed by atoms with Gasteiger partial charge in [-0.05, 0) is 118 Å². The van der Waals surface area contributed by atoms with Crippen molar-refractivity contribution in [3.05, 3.63) is 114 Å². The van der Waals surface area contributed by atoms with Gasteiger partial charge in [0, 0.05) is 55.1 Å². The maximum Gasteiger partial charge on any atom is 0.248 e. The Morgan fingerprint density at radius 3 is 2.25 bits per heavy atom. The summed E-state index contributed by atoms with van der Waals surface area (Å²) in [5, 5.41) is 34.7. The molecule has 0 aliphatic carbocycles. The summed E-state index contributed by atoms with van der Waals surface area (Å²) in [5.41, 5.74) is 9.04. The van der Waals surface area contributed by atoms with E-state index in [4.69, 9.17) is 10.5 Å². The summed E-state index contributed by atoms with van der Waals surface area (Å²) in [6, 6.07) is 27.3. The largest absolute Gasteiger partial charge is 0.369 e. The molecular formula is C52H70N14O5S. The predicted molar refractivity (Wildman–Crippen MR) is 272 cm³/mol. The quantitative estimate of drug-likeness (QED) is 0.0626. The van der Waals surface area contributed by atoms with Crippen LogP contribution >= 0.6 is 11.8 Å². The third-order valence-corrected chi connectivity index (χ3v) is 15.5. The molecule has 72 heavy (non-hydrogen) atoms. The fraction of sp³-hybridized carbons (Fsp3) is 0.519. The van der Waals surface area contributed by atoms with E-state index in [1.807, 2.05) is 83.5 Å². The van der Waals surface area contributed by atoms with E-state index in [1.165, 1.54) is 11.8 Å². The molecular weight excluding hydrogens is 933 g/mol. The number of tetrazole rings is 1. The molecule has 3 fully saturated rings. The summed E-state index contributed by atoms with van der Waals surface area (Å²) < 4.78 is 9.82. The van der Waals surface area contributed by atoms with Gasteiger partial charge in [-0.2, -0.15) is 0 Å². The molecule has 0 spiro atoms. The van der Waals surface area contributed by atoms with Gasteiger partial charge in [-0.1, -0.05) is 91.0 Å². The van der Waals surface area contributed by atoms with Gasteiger partial charge in [0.25, 0.3) is 0 Å². The lowest BCUT2D eigenvalue weighted by atomic mass is 9.92. The van der Waals surface area contributed by atoms with E-state index in [2.05, 4.69) is 71.4 Å². The van der Waals surface area contributed by atoms with E-state index in [0.29, 0.717) is 56.3 Å². The van der Waals surface area contributed by atoms with Crippen molar-refractivity contribution in [3.8, 4) is 0 Å². The van der Waals surface area contributed by atoms with Crippen LogP contribution in [-0.2, 0) is 43.6 Å². The second kappa shape index (κ2) is 25.1. The average Bonchev–Trinajstić information content (AvgIpc) is 4.24. The number of fused-ring (bicyclic) bond motifs is 1. The first-order chi connectivity index (χ1) is 35.0. The number of rotatable bonds is 23. The summed E-state index contributed by atoms with van der Waals surface area (Å²) in [6.45, 7) is 7.35. The number of aryl methyl sites for hydroxylation is 1. The summed E-state index contributed by atoms with van der Waals surface area (Å²) in [4.78, 5) is 61.1. The number of likely N-dealkylation sites (N-methyl/N-ethyl adjacent to an activating group) is 1. The minimum absolute atomic E-state index is 0.0135. The first-order valence-electron chi connectivity index (χ1n) is 25.5. The molecule has 19 nitrogen and oxygen atoms in total. The van der Waals surface area contributed by atoms with Gasteiger partial charge in [-0.15, -0.1) is 10.2 Å². The number of carbonyl (C=O) groups is 4. The highest BCUT2D eigenvalue weighted by Gasteiger charge is 2.46. The standard InChI is InChI=1S/C52H70N14O5S/c1-5-44(53)49(68)57-47-38(23-24-41-25-26-42(66(41)51(47)70)30-55-46(36-16-9-6-10-17-36)37-18-11-7-12-19-37)31-63-32-39(58-61-63)33-71-35(3)45(56-48(67)34(2)54-4)50(69)64-28-15-20-40(64)27-29-65-52(59-60-62-65)72-43-21-13-8-14-22-43/h6-14,16-19,21-22,32,34-35,38,40-42,44-47,54-55H,5,15,20,23-31,33,53H2,1-4H3,(H,56,67)(H,57,68)/t34-,35+,38+,40-,41-,42-,44-,45-,47?/m0/s1. The fourth-order valence-corrected chi connectivity index (χ4v) is 11.1. The van der Waals surface area contributed by atoms with Gasteiger partial charge in [0.15, 0.2) is 0 Å². The molecule has 3 saturated heterocycles. The van der Waals surface area contributed by atoms with E-state index < -0.39 is 30.3 Å². The van der Waals surface area contributed by atoms with Crippen LogP contribution in [0.25, 0.3) is 0 Å². The molecule has 5 heterocycles. The van der Waals surface area contributed by atoms with Crippen LogP contribution < -0.4 is 27.0 Å². The van der Waals surface area contributed by atoms with E-state index in [-0.39, 0.29) is 60.3 Å². The lowest BCUT2D eigenvalue weighted by Gasteiger charge is -2.34. The number of nitrogens with one attached hydrogen (secondary N) is 4. The maximum absolute atomic E-state index is 14.9. The summed E-state index contributed by atoms with van der Waals surface area (Å²) in [7, 11) is 1.69. The third kappa shape index (κ3) is 12.9. The fourth-order valence-electron chi connectivity index (χ4n) is 10.3. The Labute approximate surface area is 426 Å². The van der Waals surface area contributed by atoms with Crippen molar-refractivity contribution >= 4 is 35.4 Å². The van der Waals surface area contributed by atoms with Crippen LogP contribution in [0.15, 0.2) is 107 Å².